The lowest BCUT2D eigenvalue weighted by molar-refractivity contribution is 0.133. The minimum atomic E-state index is -3.80. The van der Waals surface area contributed by atoms with Crippen LogP contribution in [0.2, 0.25) is 0 Å². The van der Waals surface area contributed by atoms with E-state index in [0.717, 1.165) is 55.3 Å². The third kappa shape index (κ3) is 4.57. The number of anilines is 1. The molecule has 154 valence electrons. The Labute approximate surface area is 165 Å². The molecule has 3 rings (SSSR count). The van der Waals surface area contributed by atoms with E-state index in [1.807, 2.05) is 0 Å². The van der Waals surface area contributed by atoms with Crippen LogP contribution >= 0.6 is 0 Å². The lowest BCUT2D eigenvalue weighted by atomic mass is 9.99. The number of benzene rings is 1. The van der Waals surface area contributed by atoms with Crippen LogP contribution in [0.4, 0.5) is 15.3 Å². The first-order valence-corrected chi connectivity index (χ1v) is 11.2. The number of ether oxygens (including phenoxy) is 1. The Morgan fingerprint density at radius 3 is 2.29 bits per heavy atom. The predicted molar refractivity (Wildman–Crippen MR) is 106 cm³/mol. The number of nitrogens with one attached hydrogen (secondary N) is 2. The number of nitrogens with zero attached hydrogens (tertiary/aromatic N) is 1. The van der Waals surface area contributed by atoms with E-state index >= 15 is 0 Å². The molecule has 0 saturated carbocycles. The average molecular weight is 410 g/mol. The van der Waals surface area contributed by atoms with Crippen molar-refractivity contribution in [1.82, 2.24) is 9.62 Å². The summed E-state index contributed by atoms with van der Waals surface area (Å²) in [6.45, 7) is 0.217. The summed E-state index contributed by atoms with van der Waals surface area (Å²) in [5.74, 6) is -0.257. The second kappa shape index (κ2) is 8.38. The highest BCUT2D eigenvalue weighted by molar-refractivity contribution is 7.90. The van der Waals surface area contributed by atoms with E-state index < -0.39 is 22.1 Å². The van der Waals surface area contributed by atoms with Gasteiger partial charge < -0.3 is 15.0 Å². The fraction of sp³-hybridized carbons (Fsp3) is 0.579. The molecule has 8 nitrogen and oxygen atoms in total. The van der Waals surface area contributed by atoms with Crippen molar-refractivity contribution in [2.75, 3.05) is 31.8 Å². The first-order chi connectivity index (χ1) is 13.3. The zero-order chi connectivity index (χ0) is 20.3. The molecule has 0 unspecified atom stereocenters. The van der Waals surface area contributed by atoms with E-state index in [9.17, 15) is 18.0 Å². The summed E-state index contributed by atoms with van der Waals surface area (Å²) < 4.78 is 31.1. The van der Waals surface area contributed by atoms with Gasteiger partial charge in [-0.15, -0.1) is 0 Å². The number of sulfonamides is 1. The smallest absolute Gasteiger partial charge is 0.409 e. The summed E-state index contributed by atoms with van der Waals surface area (Å²) in [4.78, 5) is 25.0. The monoisotopic (exact) mass is 409 g/mol. The summed E-state index contributed by atoms with van der Waals surface area (Å²) in [7, 11) is -1.01. The molecule has 0 saturated heterocycles. The third-order valence-electron chi connectivity index (χ3n) is 5.35. The minimum Gasteiger partial charge on any atom is -0.453 e. The van der Waals surface area contributed by atoms with Gasteiger partial charge in [0.1, 0.15) is 0 Å². The van der Waals surface area contributed by atoms with E-state index in [-0.39, 0.29) is 18.7 Å². The van der Waals surface area contributed by atoms with Crippen molar-refractivity contribution in [3.05, 3.63) is 28.3 Å². The van der Waals surface area contributed by atoms with Crippen LogP contribution in [0.3, 0.4) is 0 Å². The van der Waals surface area contributed by atoms with Gasteiger partial charge >= 0.3 is 12.1 Å². The maximum absolute atomic E-state index is 12.4. The molecular weight excluding hydrogens is 382 g/mol. The van der Waals surface area contributed by atoms with E-state index in [1.165, 1.54) is 30.2 Å². The maximum Gasteiger partial charge on any atom is 0.409 e. The quantitative estimate of drug-likeness (QED) is 0.749. The zero-order valence-corrected chi connectivity index (χ0v) is 17.2. The molecule has 2 aliphatic rings. The van der Waals surface area contributed by atoms with Crippen molar-refractivity contribution in [1.29, 1.82) is 0 Å². The van der Waals surface area contributed by atoms with Gasteiger partial charge in [-0.25, -0.2) is 22.7 Å². The zero-order valence-electron chi connectivity index (χ0n) is 16.3. The number of rotatable bonds is 6. The summed E-state index contributed by atoms with van der Waals surface area (Å²) in [5.41, 5.74) is 5.63. The van der Waals surface area contributed by atoms with Crippen LogP contribution in [-0.2, 0) is 40.4 Å². The maximum atomic E-state index is 12.4. The van der Waals surface area contributed by atoms with Crippen molar-refractivity contribution in [2.45, 2.75) is 44.9 Å². The number of carbonyl (C=O) groups excluding carboxylic acids is 2. The predicted octanol–water partition coefficient (Wildman–Crippen LogP) is 2.20. The van der Waals surface area contributed by atoms with Crippen molar-refractivity contribution < 1.29 is 22.7 Å². The molecular formula is C19H27N3O5S. The molecule has 0 spiro atoms. The molecule has 28 heavy (non-hydrogen) atoms. The Morgan fingerprint density at radius 1 is 1.11 bits per heavy atom. The molecule has 1 aromatic rings. The van der Waals surface area contributed by atoms with Gasteiger partial charge in [0.2, 0.25) is 10.0 Å². The first-order valence-electron chi connectivity index (χ1n) is 9.58. The first kappa shape index (κ1) is 20.4. The number of hydrogen-bond acceptors (Lipinski definition) is 5. The number of fused-ring (bicyclic) bond motifs is 2. The van der Waals surface area contributed by atoms with Gasteiger partial charge in [0.15, 0.2) is 0 Å². The molecule has 0 aliphatic heterocycles. The molecule has 9 heteroatoms. The van der Waals surface area contributed by atoms with Crippen LogP contribution in [0.15, 0.2) is 6.07 Å². The second-order valence-corrected chi connectivity index (χ2v) is 9.20. The van der Waals surface area contributed by atoms with Gasteiger partial charge in [-0.2, -0.15) is 0 Å². The Morgan fingerprint density at radius 2 is 1.71 bits per heavy atom. The van der Waals surface area contributed by atoms with Crippen molar-refractivity contribution in [3.8, 4) is 0 Å². The lowest BCUT2D eigenvalue weighted by Gasteiger charge is -2.17. The summed E-state index contributed by atoms with van der Waals surface area (Å²) in [6.07, 6.45) is 5.60. The number of hydrogen-bond donors (Lipinski definition) is 2. The van der Waals surface area contributed by atoms with E-state index in [4.69, 9.17) is 0 Å². The molecule has 0 aromatic heterocycles. The molecule has 1 aromatic carbocycles. The van der Waals surface area contributed by atoms with Crippen molar-refractivity contribution in [2.24, 2.45) is 0 Å². The van der Waals surface area contributed by atoms with E-state index in [1.54, 1.807) is 0 Å². The van der Waals surface area contributed by atoms with E-state index in [2.05, 4.69) is 20.8 Å². The SMILES string of the molecule is COC(=O)N(C)CCCS(=O)(=O)NC(=O)Nc1c2c(cc3c1CCC3)CCC2. The molecule has 3 amide bonds. The molecule has 0 radical (unpaired) electrons. The summed E-state index contributed by atoms with van der Waals surface area (Å²) in [5, 5.41) is 2.81. The highest BCUT2D eigenvalue weighted by atomic mass is 32.2. The Hall–Kier alpha value is -2.29. The number of urea groups is 1. The minimum absolute atomic E-state index is 0.199. The largest absolute Gasteiger partial charge is 0.453 e. The number of carbonyl (C=O) groups is 2. The summed E-state index contributed by atoms with van der Waals surface area (Å²) in [6, 6.07) is 1.53. The van der Waals surface area contributed by atoms with Gasteiger partial charge in [-0.1, -0.05) is 6.07 Å². The van der Waals surface area contributed by atoms with Gasteiger partial charge in [-0.05, 0) is 67.2 Å². The Kier molecular flexibility index (Phi) is 6.12. The van der Waals surface area contributed by atoms with Gasteiger partial charge in [0.05, 0.1) is 12.9 Å². The Bertz CT molecular complexity index is 850. The molecule has 0 fully saturated rings. The molecule has 0 heterocycles. The van der Waals surface area contributed by atoms with Crippen LogP contribution in [0.1, 0.15) is 41.5 Å². The highest BCUT2D eigenvalue weighted by Crippen LogP contribution is 2.38. The highest BCUT2D eigenvalue weighted by Gasteiger charge is 2.26. The third-order valence-corrected chi connectivity index (χ3v) is 6.68. The van der Waals surface area contributed by atoms with Gasteiger partial charge in [0.25, 0.3) is 0 Å². The second-order valence-electron chi connectivity index (χ2n) is 7.35. The fourth-order valence-electron chi connectivity index (χ4n) is 4.04. The standard InChI is InChI=1S/C19H27N3O5S/c1-22(19(24)27-2)10-5-11-28(25,26)21-18(23)20-17-15-8-3-6-13(15)12-14-7-4-9-16(14)17/h12H,3-11H2,1-2H3,(H2,20,21,23). The van der Waals surface area contributed by atoms with Gasteiger partial charge in [-0.3, -0.25) is 0 Å². The molecule has 0 bridgehead atoms. The molecule has 2 aliphatic carbocycles. The normalized spacial score (nSPS) is 14.9. The van der Waals surface area contributed by atoms with Crippen LogP contribution in [-0.4, -0.2) is 51.9 Å². The number of aryl methyl sites for hydroxylation is 2. The van der Waals surface area contributed by atoms with Crippen molar-refractivity contribution >= 4 is 27.8 Å². The van der Waals surface area contributed by atoms with Crippen LogP contribution in [0.25, 0.3) is 0 Å². The Balaban J connectivity index is 1.61. The van der Waals surface area contributed by atoms with E-state index in [0.29, 0.717) is 0 Å². The van der Waals surface area contributed by atoms with Crippen molar-refractivity contribution in [3.63, 3.8) is 0 Å². The van der Waals surface area contributed by atoms with Crippen LogP contribution < -0.4 is 10.0 Å². The molecule has 0 atom stereocenters. The van der Waals surface area contributed by atoms with Crippen LogP contribution in [0, 0.1) is 0 Å². The molecule has 2 N–H and O–H groups in total. The number of methoxy groups -OCH3 is 1. The topological polar surface area (TPSA) is 105 Å². The number of amides is 3. The van der Waals surface area contributed by atoms with Gasteiger partial charge in [0, 0.05) is 19.3 Å². The van der Waals surface area contributed by atoms with Crippen LogP contribution in [0.5, 0.6) is 0 Å². The summed E-state index contributed by atoms with van der Waals surface area (Å²) >= 11 is 0. The average Bonchev–Trinajstić information content (AvgIpc) is 3.28. The lowest BCUT2D eigenvalue weighted by Crippen LogP contribution is -2.37. The fourth-order valence-corrected chi connectivity index (χ4v) is 4.98.